The zero-order chi connectivity index (χ0) is 19.4. The summed E-state index contributed by atoms with van der Waals surface area (Å²) < 4.78 is 0.986. The summed E-state index contributed by atoms with van der Waals surface area (Å²) in [6.45, 7) is 4.05. The maximum absolute atomic E-state index is 12.3. The first-order valence-electron chi connectivity index (χ1n) is 8.32. The van der Waals surface area contributed by atoms with Gasteiger partial charge in [0.05, 0.1) is 5.56 Å². The first-order chi connectivity index (χ1) is 13.0. The largest absolute Gasteiger partial charge is 0.313 e. The van der Waals surface area contributed by atoms with Gasteiger partial charge < -0.3 is 5.32 Å². The Morgan fingerprint density at radius 3 is 2.59 bits per heavy atom. The molecule has 134 valence electrons. The second kappa shape index (κ2) is 8.34. The van der Waals surface area contributed by atoms with Crippen molar-refractivity contribution in [3.8, 4) is 17.2 Å². The number of carbonyl (C=O) groups excluding carboxylic acids is 1. The van der Waals surface area contributed by atoms with E-state index in [1.165, 1.54) is 17.4 Å². The molecule has 2 aromatic carbocycles. The minimum absolute atomic E-state index is 0.260. The lowest BCUT2D eigenvalue weighted by Gasteiger charge is -2.06. The van der Waals surface area contributed by atoms with E-state index in [4.69, 9.17) is 0 Å². The first kappa shape index (κ1) is 19.1. The summed E-state index contributed by atoms with van der Waals surface area (Å²) in [5.74, 6) is -0.260. The molecular weight excluding hydrogens is 420 g/mol. The van der Waals surface area contributed by atoms with E-state index in [-0.39, 0.29) is 5.91 Å². The normalized spacial score (nSPS) is 10.7. The number of anilines is 1. The SMILES string of the molecule is Cc1ccc(C)c(-c2csc(NC(=O)/C=C/c3ccc(Br)cc3)c2C#N)c1. The summed E-state index contributed by atoms with van der Waals surface area (Å²) in [7, 11) is 0. The highest BCUT2D eigenvalue weighted by Crippen LogP contribution is 2.36. The summed E-state index contributed by atoms with van der Waals surface area (Å²) in [5.41, 5.74) is 5.54. The van der Waals surface area contributed by atoms with E-state index in [1.54, 1.807) is 6.08 Å². The molecule has 1 heterocycles. The van der Waals surface area contributed by atoms with E-state index >= 15 is 0 Å². The molecule has 0 aliphatic rings. The molecule has 3 aromatic rings. The number of hydrogen-bond acceptors (Lipinski definition) is 3. The van der Waals surface area contributed by atoms with Crippen molar-refractivity contribution in [3.05, 3.63) is 80.6 Å². The van der Waals surface area contributed by atoms with E-state index < -0.39 is 0 Å². The van der Waals surface area contributed by atoms with Crippen molar-refractivity contribution in [2.24, 2.45) is 0 Å². The summed E-state index contributed by atoms with van der Waals surface area (Å²) in [6, 6.07) is 16.1. The second-order valence-corrected chi connectivity index (χ2v) is 7.95. The Morgan fingerprint density at radius 2 is 1.89 bits per heavy atom. The van der Waals surface area contributed by atoms with E-state index in [2.05, 4.69) is 33.4 Å². The summed E-state index contributed by atoms with van der Waals surface area (Å²) in [4.78, 5) is 12.3. The number of halogens is 1. The van der Waals surface area contributed by atoms with Gasteiger partial charge in [0.2, 0.25) is 5.91 Å². The van der Waals surface area contributed by atoms with Crippen LogP contribution in [0.5, 0.6) is 0 Å². The van der Waals surface area contributed by atoms with E-state index in [0.29, 0.717) is 10.6 Å². The third-order valence-corrected chi connectivity index (χ3v) is 5.54. The van der Waals surface area contributed by atoms with Crippen molar-refractivity contribution in [1.82, 2.24) is 0 Å². The van der Waals surface area contributed by atoms with Gasteiger partial charge in [-0.2, -0.15) is 5.26 Å². The van der Waals surface area contributed by atoms with Gasteiger partial charge in [-0.15, -0.1) is 11.3 Å². The molecule has 0 atom stereocenters. The van der Waals surface area contributed by atoms with Crippen LogP contribution in [0.1, 0.15) is 22.3 Å². The standard InChI is InChI=1S/C22H17BrN2OS/c1-14-3-4-15(2)18(11-14)20-13-27-22(19(20)12-24)25-21(26)10-7-16-5-8-17(23)9-6-16/h3-11,13H,1-2H3,(H,25,26)/b10-7+. The second-order valence-electron chi connectivity index (χ2n) is 6.16. The molecule has 3 nitrogen and oxygen atoms in total. The number of amides is 1. The Kier molecular flexibility index (Phi) is 5.90. The lowest BCUT2D eigenvalue weighted by molar-refractivity contribution is -0.111. The molecule has 27 heavy (non-hydrogen) atoms. The number of nitrogens with one attached hydrogen (secondary N) is 1. The number of hydrogen-bond donors (Lipinski definition) is 1. The van der Waals surface area contributed by atoms with Gasteiger partial charge in [-0.25, -0.2) is 0 Å². The average Bonchev–Trinajstić information content (AvgIpc) is 3.05. The topological polar surface area (TPSA) is 52.9 Å². The highest BCUT2D eigenvalue weighted by Gasteiger charge is 2.16. The Morgan fingerprint density at radius 1 is 1.15 bits per heavy atom. The maximum Gasteiger partial charge on any atom is 0.249 e. The van der Waals surface area contributed by atoms with E-state index in [0.717, 1.165) is 32.3 Å². The van der Waals surface area contributed by atoms with Gasteiger partial charge in [-0.1, -0.05) is 51.8 Å². The van der Waals surface area contributed by atoms with Crippen LogP contribution in [0.2, 0.25) is 0 Å². The van der Waals surface area contributed by atoms with Gasteiger partial charge in [0.15, 0.2) is 0 Å². The predicted molar refractivity (Wildman–Crippen MR) is 116 cm³/mol. The molecule has 3 rings (SSSR count). The minimum atomic E-state index is -0.260. The van der Waals surface area contributed by atoms with Gasteiger partial charge in [0.1, 0.15) is 11.1 Å². The fourth-order valence-electron chi connectivity index (χ4n) is 2.68. The molecule has 0 radical (unpaired) electrons. The van der Waals surface area contributed by atoms with Crippen molar-refractivity contribution >= 4 is 44.3 Å². The molecule has 0 bridgehead atoms. The number of nitrogens with zero attached hydrogens (tertiary/aromatic N) is 1. The van der Waals surface area contributed by atoms with Crippen LogP contribution in [0, 0.1) is 25.2 Å². The number of carbonyl (C=O) groups is 1. The molecule has 0 unspecified atom stereocenters. The Hall–Kier alpha value is -2.68. The van der Waals surface area contributed by atoms with Gasteiger partial charge in [-0.3, -0.25) is 4.79 Å². The number of benzene rings is 2. The first-order valence-corrected chi connectivity index (χ1v) is 9.99. The summed E-state index contributed by atoms with van der Waals surface area (Å²) in [6.07, 6.45) is 3.22. The van der Waals surface area contributed by atoms with E-state index in [9.17, 15) is 10.1 Å². The van der Waals surface area contributed by atoms with Crippen molar-refractivity contribution in [2.45, 2.75) is 13.8 Å². The zero-order valence-electron chi connectivity index (χ0n) is 14.9. The summed E-state index contributed by atoms with van der Waals surface area (Å²) >= 11 is 4.75. The minimum Gasteiger partial charge on any atom is -0.313 e. The van der Waals surface area contributed by atoms with Gasteiger partial charge in [-0.05, 0) is 48.7 Å². The molecule has 0 saturated carbocycles. The molecule has 0 aliphatic carbocycles. The van der Waals surface area contributed by atoms with Crippen molar-refractivity contribution < 1.29 is 4.79 Å². The van der Waals surface area contributed by atoms with Crippen LogP contribution in [0.25, 0.3) is 17.2 Å². The number of rotatable bonds is 4. The highest BCUT2D eigenvalue weighted by atomic mass is 79.9. The third kappa shape index (κ3) is 4.54. The van der Waals surface area contributed by atoms with Gasteiger partial charge in [0, 0.05) is 21.5 Å². The van der Waals surface area contributed by atoms with Crippen LogP contribution in [-0.2, 0) is 4.79 Å². The average molecular weight is 437 g/mol. The number of nitriles is 1. The monoisotopic (exact) mass is 436 g/mol. The third-order valence-electron chi connectivity index (χ3n) is 4.12. The smallest absolute Gasteiger partial charge is 0.249 e. The molecule has 0 aliphatic heterocycles. The molecular formula is C22H17BrN2OS. The molecule has 1 aromatic heterocycles. The summed E-state index contributed by atoms with van der Waals surface area (Å²) in [5, 5.41) is 15.0. The fourth-order valence-corrected chi connectivity index (χ4v) is 3.86. The Bertz CT molecular complexity index is 1060. The molecule has 0 spiro atoms. The van der Waals surface area contributed by atoms with Crippen LogP contribution >= 0.6 is 27.3 Å². The highest BCUT2D eigenvalue weighted by molar-refractivity contribution is 9.10. The van der Waals surface area contributed by atoms with Crippen LogP contribution < -0.4 is 5.32 Å². The molecule has 5 heteroatoms. The van der Waals surface area contributed by atoms with Crippen LogP contribution in [-0.4, -0.2) is 5.91 Å². The molecule has 1 N–H and O–H groups in total. The van der Waals surface area contributed by atoms with Gasteiger partial charge >= 0.3 is 0 Å². The number of thiophene rings is 1. The zero-order valence-corrected chi connectivity index (χ0v) is 17.3. The Labute approximate surface area is 171 Å². The fraction of sp³-hybridized carbons (Fsp3) is 0.0909. The quantitative estimate of drug-likeness (QED) is 0.486. The van der Waals surface area contributed by atoms with Crippen LogP contribution in [0.3, 0.4) is 0 Å². The van der Waals surface area contributed by atoms with Crippen LogP contribution in [0.15, 0.2) is 58.4 Å². The lowest BCUT2D eigenvalue weighted by atomic mass is 9.98. The van der Waals surface area contributed by atoms with Crippen LogP contribution in [0.4, 0.5) is 5.00 Å². The van der Waals surface area contributed by atoms with Crippen molar-refractivity contribution in [2.75, 3.05) is 5.32 Å². The number of aryl methyl sites for hydroxylation is 2. The van der Waals surface area contributed by atoms with Crippen molar-refractivity contribution in [1.29, 1.82) is 5.26 Å². The Balaban J connectivity index is 1.83. The lowest BCUT2D eigenvalue weighted by Crippen LogP contribution is -2.07. The molecule has 0 fully saturated rings. The predicted octanol–water partition coefficient (Wildman–Crippen LogP) is 6.32. The molecule has 0 saturated heterocycles. The van der Waals surface area contributed by atoms with E-state index in [1.807, 2.05) is 55.6 Å². The molecule has 1 amide bonds. The van der Waals surface area contributed by atoms with Crippen molar-refractivity contribution in [3.63, 3.8) is 0 Å². The van der Waals surface area contributed by atoms with Gasteiger partial charge in [0.25, 0.3) is 0 Å². The maximum atomic E-state index is 12.3.